The number of rotatable bonds is 9. The maximum Gasteiger partial charge on any atom is 0.416 e. The van der Waals surface area contributed by atoms with Crippen LogP contribution in [0, 0.1) is 5.92 Å². The molecular weight excluding hydrogens is 511 g/mol. The lowest BCUT2D eigenvalue weighted by Gasteiger charge is -2.37. The third-order valence-corrected chi connectivity index (χ3v) is 7.40. The molecule has 2 fully saturated rings. The summed E-state index contributed by atoms with van der Waals surface area (Å²) in [6, 6.07) is 12.0. The monoisotopic (exact) mass is 547 g/mol. The molecule has 7 nitrogen and oxygen atoms in total. The number of carbonyl (C=O) groups is 2. The number of likely N-dealkylation sites (tertiary alicyclic amines) is 1. The van der Waals surface area contributed by atoms with Gasteiger partial charge in [0.1, 0.15) is 5.60 Å². The van der Waals surface area contributed by atoms with Gasteiger partial charge in [0.15, 0.2) is 0 Å². The van der Waals surface area contributed by atoms with Gasteiger partial charge in [0.05, 0.1) is 24.8 Å². The van der Waals surface area contributed by atoms with Gasteiger partial charge >= 0.3 is 12.3 Å². The lowest BCUT2D eigenvalue weighted by molar-refractivity contribution is -0.137. The lowest BCUT2D eigenvalue weighted by atomic mass is 9.91. The van der Waals surface area contributed by atoms with Crippen molar-refractivity contribution in [3.63, 3.8) is 0 Å². The molecule has 0 aromatic heterocycles. The molecule has 2 heterocycles. The number of halogens is 3. The number of aliphatic hydroxyl groups is 1. The molecule has 4 rings (SSSR count). The molecule has 2 amide bonds. The van der Waals surface area contributed by atoms with E-state index in [1.54, 1.807) is 17.0 Å². The molecule has 39 heavy (non-hydrogen) atoms. The number of alkyl halides is 3. The number of hydrogen-bond acceptors (Lipinski definition) is 5. The molecule has 2 aliphatic rings. The van der Waals surface area contributed by atoms with Crippen molar-refractivity contribution in [2.45, 2.75) is 64.0 Å². The Labute approximate surface area is 226 Å². The number of amides is 2. The van der Waals surface area contributed by atoms with Crippen LogP contribution in [0.25, 0.3) is 0 Å². The first-order chi connectivity index (χ1) is 18.5. The zero-order valence-electron chi connectivity index (χ0n) is 22.3. The molecule has 10 heteroatoms. The number of carbonyl (C=O) groups excluding carboxylic acids is 2. The summed E-state index contributed by atoms with van der Waals surface area (Å²) in [5.74, 6) is 0.100. The highest BCUT2D eigenvalue weighted by Gasteiger charge is 2.46. The van der Waals surface area contributed by atoms with Gasteiger partial charge in [-0.2, -0.15) is 13.2 Å². The first kappa shape index (κ1) is 28.9. The van der Waals surface area contributed by atoms with Crippen molar-refractivity contribution in [3.05, 3.63) is 70.8 Å². The molecule has 2 N–H and O–H groups in total. The standard InChI is InChI=1S/C29H36F3N3O4/c1-20(2)15-25(18-36)33-26(37)23-7-3-22(4-8-23)17-35-19-28(39-27(35)38)11-13-34(14-12-28)16-21-5-9-24(10-6-21)29(30,31)32/h3-10,20,25,36H,11-19H2,1-2H3,(H,33,37)/t25-/m0/s1. The summed E-state index contributed by atoms with van der Waals surface area (Å²) in [7, 11) is 0. The SMILES string of the molecule is CC(C)C[C@@H](CO)NC(=O)c1ccc(CN2CC3(CCN(Cc4ccc(C(F)(F)F)cc4)CC3)OC2=O)cc1. The zero-order chi connectivity index (χ0) is 28.2. The van der Waals surface area contributed by atoms with E-state index >= 15 is 0 Å². The average molecular weight is 548 g/mol. The van der Waals surface area contributed by atoms with Crippen LogP contribution < -0.4 is 5.32 Å². The van der Waals surface area contributed by atoms with Crippen molar-refractivity contribution >= 4 is 12.0 Å². The number of nitrogens with zero attached hydrogens (tertiary/aromatic N) is 2. The quantitative estimate of drug-likeness (QED) is 0.470. The van der Waals surface area contributed by atoms with E-state index in [1.807, 2.05) is 26.0 Å². The van der Waals surface area contributed by atoms with Crippen LogP contribution in [-0.2, 0) is 24.0 Å². The Kier molecular flexibility index (Phi) is 8.86. The Morgan fingerprint density at radius 3 is 2.18 bits per heavy atom. The fraction of sp³-hybridized carbons (Fsp3) is 0.517. The van der Waals surface area contributed by atoms with E-state index in [1.165, 1.54) is 12.1 Å². The average Bonchev–Trinajstić information content (AvgIpc) is 3.19. The highest BCUT2D eigenvalue weighted by Crippen LogP contribution is 2.35. The molecule has 1 atom stereocenters. The smallest absolute Gasteiger partial charge is 0.416 e. The first-order valence-corrected chi connectivity index (χ1v) is 13.3. The molecular formula is C29H36F3N3O4. The van der Waals surface area contributed by atoms with Gasteiger partial charge < -0.3 is 15.2 Å². The van der Waals surface area contributed by atoms with Crippen LogP contribution in [0.15, 0.2) is 48.5 Å². The minimum atomic E-state index is -4.35. The molecule has 2 aromatic rings. The van der Waals surface area contributed by atoms with E-state index in [2.05, 4.69) is 10.2 Å². The van der Waals surface area contributed by atoms with Crippen molar-refractivity contribution in [3.8, 4) is 0 Å². The van der Waals surface area contributed by atoms with E-state index in [9.17, 15) is 27.9 Å². The minimum Gasteiger partial charge on any atom is -0.441 e. The fourth-order valence-corrected chi connectivity index (χ4v) is 5.25. The van der Waals surface area contributed by atoms with Crippen LogP contribution in [0.1, 0.15) is 60.2 Å². The number of hydrogen-bond donors (Lipinski definition) is 2. The van der Waals surface area contributed by atoms with Gasteiger partial charge in [-0.05, 0) is 47.7 Å². The fourth-order valence-electron chi connectivity index (χ4n) is 5.25. The summed E-state index contributed by atoms with van der Waals surface area (Å²) in [6.07, 6.45) is -2.73. The maximum atomic E-state index is 12.8. The Morgan fingerprint density at radius 2 is 1.62 bits per heavy atom. The van der Waals surface area contributed by atoms with E-state index in [4.69, 9.17) is 4.74 Å². The molecule has 0 saturated carbocycles. The Balaban J connectivity index is 1.27. The van der Waals surface area contributed by atoms with Gasteiger partial charge in [0, 0.05) is 44.6 Å². The van der Waals surface area contributed by atoms with Crippen LogP contribution in [0.3, 0.4) is 0 Å². The Morgan fingerprint density at radius 1 is 1.03 bits per heavy atom. The van der Waals surface area contributed by atoms with Gasteiger partial charge in [-0.1, -0.05) is 38.1 Å². The second-order valence-electron chi connectivity index (χ2n) is 11.1. The zero-order valence-corrected chi connectivity index (χ0v) is 22.3. The van der Waals surface area contributed by atoms with Crippen molar-refractivity contribution < 1.29 is 32.6 Å². The van der Waals surface area contributed by atoms with Crippen LogP contribution in [0.2, 0.25) is 0 Å². The molecule has 2 saturated heterocycles. The normalized spacial score (nSPS) is 18.4. The minimum absolute atomic E-state index is 0.117. The van der Waals surface area contributed by atoms with Crippen molar-refractivity contribution in [2.75, 3.05) is 26.2 Å². The largest absolute Gasteiger partial charge is 0.441 e. The highest BCUT2D eigenvalue weighted by atomic mass is 19.4. The number of benzene rings is 2. The van der Waals surface area contributed by atoms with E-state index in [0.717, 1.165) is 23.3 Å². The van der Waals surface area contributed by atoms with Gasteiger partial charge in [-0.3, -0.25) is 14.6 Å². The van der Waals surface area contributed by atoms with Crippen molar-refractivity contribution in [1.82, 2.24) is 15.1 Å². The molecule has 0 bridgehead atoms. The summed E-state index contributed by atoms with van der Waals surface area (Å²) in [5, 5.41) is 12.4. The maximum absolute atomic E-state index is 12.8. The molecule has 0 aliphatic carbocycles. The lowest BCUT2D eigenvalue weighted by Crippen LogP contribution is -2.46. The van der Waals surface area contributed by atoms with Crippen molar-refractivity contribution in [1.29, 1.82) is 0 Å². The Bertz CT molecular complexity index is 1130. The summed E-state index contributed by atoms with van der Waals surface area (Å²) in [5.41, 5.74) is 0.955. The second kappa shape index (κ2) is 12.0. The predicted molar refractivity (Wildman–Crippen MR) is 140 cm³/mol. The summed E-state index contributed by atoms with van der Waals surface area (Å²) < 4.78 is 44.2. The van der Waals surface area contributed by atoms with Crippen molar-refractivity contribution in [2.24, 2.45) is 5.92 Å². The highest BCUT2D eigenvalue weighted by molar-refractivity contribution is 5.94. The van der Waals surface area contributed by atoms with Crippen LogP contribution in [0.4, 0.5) is 18.0 Å². The van der Waals surface area contributed by atoms with Gasteiger partial charge in [-0.25, -0.2) is 4.79 Å². The van der Waals surface area contributed by atoms with E-state index < -0.39 is 17.3 Å². The molecule has 2 aliphatic heterocycles. The van der Waals surface area contributed by atoms with Crippen LogP contribution in [0.5, 0.6) is 0 Å². The molecule has 2 aromatic carbocycles. The van der Waals surface area contributed by atoms with Gasteiger partial charge in [0.25, 0.3) is 5.91 Å². The second-order valence-corrected chi connectivity index (χ2v) is 11.1. The third kappa shape index (κ3) is 7.51. The first-order valence-electron chi connectivity index (χ1n) is 13.3. The summed E-state index contributed by atoms with van der Waals surface area (Å²) in [4.78, 5) is 29.0. The summed E-state index contributed by atoms with van der Waals surface area (Å²) >= 11 is 0. The molecule has 1 spiro atoms. The summed E-state index contributed by atoms with van der Waals surface area (Å²) in [6.45, 7) is 6.68. The number of ether oxygens (including phenoxy) is 1. The number of piperidine rings is 1. The third-order valence-electron chi connectivity index (χ3n) is 7.40. The number of aliphatic hydroxyl groups excluding tert-OH is 1. The molecule has 0 unspecified atom stereocenters. The van der Waals surface area contributed by atoms with Crippen LogP contribution in [-0.4, -0.2) is 64.8 Å². The molecule has 0 radical (unpaired) electrons. The molecule has 212 valence electrons. The van der Waals surface area contributed by atoms with Crippen LogP contribution >= 0.6 is 0 Å². The van der Waals surface area contributed by atoms with E-state index in [-0.39, 0.29) is 24.6 Å². The van der Waals surface area contributed by atoms with E-state index in [0.29, 0.717) is 63.5 Å². The van der Waals surface area contributed by atoms with Gasteiger partial charge in [-0.15, -0.1) is 0 Å². The van der Waals surface area contributed by atoms with Gasteiger partial charge in [0.2, 0.25) is 0 Å². The number of nitrogens with one attached hydrogen (secondary N) is 1. The predicted octanol–water partition coefficient (Wildman–Crippen LogP) is 4.83. The topological polar surface area (TPSA) is 82.1 Å². The Hall–Kier alpha value is -3.11.